The van der Waals surface area contributed by atoms with Crippen LogP contribution < -0.4 is 0 Å². The first-order chi connectivity index (χ1) is 10.4. The molecule has 2 atom stereocenters. The molecule has 2 fully saturated rings. The summed E-state index contributed by atoms with van der Waals surface area (Å²) in [5, 5.41) is 2.18. The summed E-state index contributed by atoms with van der Waals surface area (Å²) in [6.07, 6.45) is 3.85. The highest BCUT2D eigenvalue weighted by Crippen LogP contribution is 2.32. The van der Waals surface area contributed by atoms with Crippen LogP contribution in [0.3, 0.4) is 0 Å². The molecule has 3 nitrogen and oxygen atoms in total. The fourth-order valence-corrected chi connectivity index (χ4v) is 4.56. The highest BCUT2D eigenvalue weighted by molar-refractivity contribution is 7.09. The molecule has 21 heavy (non-hydrogen) atoms. The number of thiophene rings is 1. The van der Waals surface area contributed by atoms with Gasteiger partial charge in [-0.05, 0) is 34.9 Å². The third-order valence-electron chi connectivity index (χ3n) is 4.73. The van der Waals surface area contributed by atoms with E-state index in [0.29, 0.717) is 0 Å². The number of hydrogen-bond acceptors (Lipinski definition) is 4. The first-order valence-electron chi connectivity index (χ1n) is 7.73. The van der Waals surface area contributed by atoms with Crippen LogP contribution in [0.25, 0.3) is 0 Å². The van der Waals surface area contributed by atoms with E-state index in [2.05, 4.69) is 38.4 Å². The van der Waals surface area contributed by atoms with Crippen LogP contribution in [0.5, 0.6) is 0 Å². The summed E-state index contributed by atoms with van der Waals surface area (Å²) in [5.74, 6) is 1.73. The molecular formula is C17H21N3S. The molecule has 2 aromatic heterocycles. The van der Waals surface area contributed by atoms with Crippen molar-refractivity contribution in [2.75, 3.05) is 26.2 Å². The second-order valence-corrected chi connectivity index (χ2v) is 7.38. The van der Waals surface area contributed by atoms with Crippen LogP contribution in [-0.4, -0.2) is 41.0 Å². The summed E-state index contributed by atoms with van der Waals surface area (Å²) in [6, 6.07) is 8.64. The van der Waals surface area contributed by atoms with Crippen molar-refractivity contribution in [1.29, 1.82) is 0 Å². The molecule has 4 heterocycles. The summed E-state index contributed by atoms with van der Waals surface area (Å²) in [6.45, 7) is 7.25. The number of fused-ring (bicyclic) bond motifs is 1. The van der Waals surface area contributed by atoms with E-state index in [-0.39, 0.29) is 0 Å². The quantitative estimate of drug-likeness (QED) is 0.865. The van der Waals surface area contributed by atoms with Crippen molar-refractivity contribution in [3.63, 3.8) is 0 Å². The molecule has 0 bridgehead atoms. The number of nitrogens with zero attached hydrogens (tertiary/aromatic N) is 3. The predicted molar refractivity (Wildman–Crippen MR) is 86.1 cm³/mol. The van der Waals surface area contributed by atoms with E-state index in [1.807, 2.05) is 29.8 Å². The maximum atomic E-state index is 4.22. The topological polar surface area (TPSA) is 19.4 Å². The maximum Gasteiger partial charge on any atom is 0.0328 e. The molecule has 110 valence electrons. The Hall–Kier alpha value is -1.23. The largest absolute Gasteiger partial charge is 0.298 e. The lowest BCUT2D eigenvalue weighted by Gasteiger charge is -2.20. The Morgan fingerprint density at radius 1 is 1.00 bits per heavy atom. The van der Waals surface area contributed by atoms with Crippen LogP contribution in [0.15, 0.2) is 42.0 Å². The summed E-state index contributed by atoms with van der Waals surface area (Å²) in [4.78, 5) is 11.0. The van der Waals surface area contributed by atoms with Gasteiger partial charge in [0, 0.05) is 56.5 Å². The Kier molecular flexibility index (Phi) is 3.76. The van der Waals surface area contributed by atoms with Crippen LogP contribution in [-0.2, 0) is 13.1 Å². The Morgan fingerprint density at radius 2 is 1.76 bits per heavy atom. The predicted octanol–water partition coefficient (Wildman–Crippen LogP) is 2.71. The highest BCUT2D eigenvalue weighted by Gasteiger charge is 2.39. The van der Waals surface area contributed by atoms with E-state index in [1.165, 1.54) is 36.6 Å². The molecule has 4 rings (SSSR count). The molecule has 0 N–H and O–H groups in total. The van der Waals surface area contributed by atoms with E-state index in [0.717, 1.165) is 24.9 Å². The minimum absolute atomic E-state index is 0.863. The van der Waals surface area contributed by atoms with Gasteiger partial charge in [-0.3, -0.25) is 14.8 Å². The van der Waals surface area contributed by atoms with Crippen molar-refractivity contribution in [3.05, 3.63) is 52.5 Å². The van der Waals surface area contributed by atoms with E-state index in [9.17, 15) is 0 Å². The summed E-state index contributed by atoms with van der Waals surface area (Å²) >= 11 is 1.88. The van der Waals surface area contributed by atoms with Gasteiger partial charge in [0.1, 0.15) is 0 Å². The first-order valence-corrected chi connectivity index (χ1v) is 8.61. The molecule has 0 saturated carbocycles. The molecule has 2 saturated heterocycles. The summed E-state index contributed by atoms with van der Waals surface area (Å²) < 4.78 is 0. The van der Waals surface area contributed by atoms with Crippen molar-refractivity contribution in [1.82, 2.24) is 14.8 Å². The molecule has 0 aromatic carbocycles. The van der Waals surface area contributed by atoms with E-state index < -0.39 is 0 Å². The molecule has 2 aliphatic rings. The van der Waals surface area contributed by atoms with Gasteiger partial charge in [-0.2, -0.15) is 0 Å². The summed E-state index contributed by atoms with van der Waals surface area (Å²) in [5.41, 5.74) is 1.34. The number of hydrogen-bond donors (Lipinski definition) is 0. The Balaban J connectivity index is 1.31. The lowest BCUT2D eigenvalue weighted by atomic mass is 10.0. The van der Waals surface area contributed by atoms with Gasteiger partial charge in [0.2, 0.25) is 0 Å². The second-order valence-electron chi connectivity index (χ2n) is 6.35. The van der Waals surface area contributed by atoms with Crippen LogP contribution in [0, 0.1) is 11.8 Å². The van der Waals surface area contributed by atoms with Gasteiger partial charge in [0.25, 0.3) is 0 Å². The summed E-state index contributed by atoms with van der Waals surface area (Å²) in [7, 11) is 0. The zero-order chi connectivity index (χ0) is 14.1. The van der Waals surface area contributed by atoms with E-state index in [1.54, 1.807) is 0 Å². The average molecular weight is 299 g/mol. The number of pyridine rings is 1. The fourth-order valence-electron chi connectivity index (χ4n) is 3.82. The van der Waals surface area contributed by atoms with E-state index >= 15 is 0 Å². The highest BCUT2D eigenvalue weighted by atomic mass is 32.1. The third kappa shape index (κ3) is 3.03. The maximum absolute atomic E-state index is 4.22. The van der Waals surface area contributed by atoms with Crippen LogP contribution in [0.4, 0.5) is 0 Å². The zero-order valence-corrected chi connectivity index (χ0v) is 13.0. The number of aromatic nitrogens is 1. The van der Waals surface area contributed by atoms with Gasteiger partial charge in [-0.25, -0.2) is 0 Å². The minimum Gasteiger partial charge on any atom is -0.298 e. The van der Waals surface area contributed by atoms with Crippen molar-refractivity contribution in [3.8, 4) is 0 Å². The molecule has 2 aliphatic heterocycles. The van der Waals surface area contributed by atoms with Gasteiger partial charge in [-0.15, -0.1) is 11.3 Å². The minimum atomic E-state index is 0.863. The van der Waals surface area contributed by atoms with Gasteiger partial charge >= 0.3 is 0 Å². The van der Waals surface area contributed by atoms with Crippen LogP contribution in [0.2, 0.25) is 0 Å². The molecule has 0 amide bonds. The van der Waals surface area contributed by atoms with Crippen molar-refractivity contribution < 1.29 is 0 Å². The Bertz CT molecular complexity index is 555. The Morgan fingerprint density at radius 3 is 2.38 bits per heavy atom. The molecule has 0 spiro atoms. The van der Waals surface area contributed by atoms with Gasteiger partial charge in [-0.1, -0.05) is 12.1 Å². The monoisotopic (exact) mass is 299 g/mol. The number of likely N-dealkylation sites (tertiary alicyclic amines) is 2. The fraction of sp³-hybridized carbons (Fsp3) is 0.471. The lowest BCUT2D eigenvalue weighted by molar-refractivity contribution is 0.247. The van der Waals surface area contributed by atoms with Gasteiger partial charge in [0.05, 0.1) is 0 Å². The molecule has 2 aromatic rings. The zero-order valence-electron chi connectivity index (χ0n) is 12.2. The van der Waals surface area contributed by atoms with Crippen molar-refractivity contribution in [2.24, 2.45) is 11.8 Å². The third-order valence-corrected chi connectivity index (χ3v) is 5.59. The second kappa shape index (κ2) is 5.87. The standard InChI is InChI=1S/C17H21N3S/c1-3-14(7-18-5-1)8-19-9-15-11-20(12-16(15)10-19)13-17-4-2-6-21-17/h1-7,15-16H,8-13H2/t15-,16-/m0/s1. The number of rotatable bonds is 4. The SMILES string of the molecule is c1cncc(CN2C[C@H]3CN(Cc4cccs4)C[C@@H]3C2)c1. The smallest absolute Gasteiger partial charge is 0.0328 e. The Labute approximate surface area is 130 Å². The van der Waals surface area contributed by atoms with Gasteiger partial charge < -0.3 is 0 Å². The normalized spacial score (nSPS) is 26.3. The molecule has 0 aliphatic carbocycles. The van der Waals surface area contributed by atoms with Crippen LogP contribution in [0.1, 0.15) is 10.4 Å². The lowest BCUT2D eigenvalue weighted by Crippen LogP contribution is -2.28. The van der Waals surface area contributed by atoms with Crippen LogP contribution >= 0.6 is 11.3 Å². The first kappa shape index (κ1) is 13.4. The van der Waals surface area contributed by atoms with Crippen molar-refractivity contribution >= 4 is 11.3 Å². The molecule has 4 heteroatoms. The molecule has 0 unspecified atom stereocenters. The average Bonchev–Trinajstić information content (AvgIpc) is 3.17. The van der Waals surface area contributed by atoms with Gasteiger partial charge in [0.15, 0.2) is 0 Å². The van der Waals surface area contributed by atoms with E-state index in [4.69, 9.17) is 0 Å². The van der Waals surface area contributed by atoms with Crippen molar-refractivity contribution in [2.45, 2.75) is 13.1 Å². The molecular weight excluding hydrogens is 278 g/mol. The molecule has 0 radical (unpaired) electrons.